The zero-order valence-corrected chi connectivity index (χ0v) is 8.74. The van der Waals surface area contributed by atoms with Crippen LogP contribution >= 0.6 is 0 Å². The molecule has 1 fully saturated rings. The quantitative estimate of drug-likeness (QED) is 0.680. The smallest absolute Gasteiger partial charge is 0.172 e. The van der Waals surface area contributed by atoms with Crippen LogP contribution in [0.25, 0.3) is 10.9 Å². The van der Waals surface area contributed by atoms with Crippen molar-refractivity contribution in [1.82, 2.24) is 4.98 Å². The average Bonchev–Trinajstić information content (AvgIpc) is 2.89. The molecule has 3 rings (SSSR count). The van der Waals surface area contributed by atoms with E-state index in [2.05, 4.69) is 46.2 Å². The Bertz CT molecular complexity index is 500. The molecule has 1 N–H and O–H groups in total. The van der Waals surface area contributed by atoms with Crippen molar-refractivity contribution in [2.24, 2.45) is 0 Å². The predicted molar refractivity (Wildman–Crippen MR) is 62.7 cm³/mol. The number of nitrogens with one attached hydrogen (secondary N) is 1. The van der Waals surface area contributed by atoms with Gasteiger partial charge in [-0.15, -0.1) is 0 Å². The lowest BCUT2D eigenvalue weighted by atomic mass is 10.2. The molecule has 0 spiro atoms. The van der Waals surface area contributed by atoms with Crippen LogP contribution in [0.1, 0.15) is 18.4 Å². The van der Waals surface area contributed by atoms with Gasteiger partial charge < -0.3 is 4.98 Å². The largest absolute Gasteiger partial charge is 0.360 e. The molecular formula is C13H15N2+. The van der Waals surface area contributed by atoms with E-state index in [0.29, 0.717) is 0 Å². The molecule has 0 unspecified atom stereocenters. The van der Waals surface area contributed by atoms with Gasteiger partial charge in [-0.3, -0.25) is 0 Å². The van der Waals surface area contributed by atoms with E-state index in [4.69, 9.17) is 0 Å². The van der Waals surface area contributed by atoms with Crippen LogP contribution in [-0.2, 0) is 0 Å². The maximum atomic E-state index is 3.30. The SMILES string of the molecule is C(c1c[nH]c2ccccc12)=[N+]1CCCC1. The van der Waals surface area contributed by atoms with Crippen LogP contribution in [0.15, 0.2) is 30.5 Å². The van der Waals surface area contributed by atoms with E-state index in [1.807, 2.05) is 0 Å². The van der Waals surface area contributed by atoms with Crippen molar-refractivity contribution in [2.45, 2.75) is 12.8 Å². The fourth-order valence-electron chi connectivity index (χ4n) is 2.27. The molecule has 2 heterocycles. The predicted octanol–water partition coefficient (Wildman–Crippen LogP) is 2.39. The molecule has 0 atom stereocenters. The second-order valence-electron chi connectivity index (χ2n) is 4.16. The Kier molecular flexibility index (Phi) is 2.05. The third-order valence-corrected chi connectivity index (χ3v) is 3.08. The Morgan fingerprint density at radius 2 is 1.93 bits per heavy atom. The summed E-state index contributed by atoms with van der Waals surface area (Å²) in [7, 11) is 0. The van der Waals surface area contributed by atoms with Crippen molar-refractivity contribution in [3.63, 3.8) is 0 Å². The van der Waals surface area contributed by atoms with E-state index in [-0.39, 0.29) is 0 Å². The first-order chi connectivity index (χ1) is 7.43. The first-order valence-electron chi connectivity index (χ1n) is 5.58. The van der Waals surface area contributed by atoms with E-state index in [9.17, 15) is 0 Å². The lowest BCUT2D eigenvalue weighted by Crippen LogP contribution is -2.07. The fourth-order valence-corrected chi connectivity index (χ4v) is 2.27. The summed E-state index contributed by atoms with van der Waals surface area (Å²) in [6.07, 6.45) is 7.05. The van der Waals surface area contributed by atoms with E-state index in [0.717, 1.165) is 0 Å². The van der Waals surface area contributed by atoms with Crippen molar-refractivity contribution < 1.29 is 4.58 Å². The number of rotatable bonds is 1. The summed E-state index contributed by atoms with van der Waals surface area (Å²) in [5, 5.41) is 1.32. The molecule has 0 bridgehead atoms. The second kappa shape index (κ2) is 3.54. The number of para-hydroxylation sites is 1. The number of fused-ring (bicyclic) bond motifs is 1. The molecule has 15 heavy (non-hydrogen) atoms. The van der Waals surface area contributed by atoms with E-state index in [1.54, 1.807) is 0 Å². The van der Waals surface area contributed by atoms with E-state index < -0.39 is 0 Å². The summed E-state index contributed by atoms with van der Waals surface area (Å²) < 4.78 is 2.41. The highest BCUT2D eigenvalue weighted by atomic mass is 15.0. The van der Waals surface area contributed by atoms with Crippen LogP contribution < -0.4 is 0 Å². The highest BCUT2D eigenvalue weighted by Gasteiger charge is 2.13. The summed E-state index contributed by atoms with van der Waals surface area (Å²) in [5.74, 6) is 0. The Labute approximate surface area is 89.2 Å². The molecule has 1 aromatic carbocycles. The van der Waals surface area contributed by atoms with Crippen LogP contribution in [0, 0.1) is 0 Å². The van der Waals surface area contributed by atoms with Crippen LogP contribution in [-0.4, -0.2) is 28.9 Å². The average molecular weight is 199 g/mol. The summed E-state index contributed by atoms with van der Waals surface area (Å²) >= 11 is 0. The normalized spacial score (nSPS) is 16.1. The third kappa shape index (κ3) is 1.56. The van der Waals surface area contributed by atoms with Gasteiger partial charge in [-0.05, 0) is 6.07 Å². The lowest BCUT2D eigenvalue weighted by Gasteiger charge is -1.91. The minimum atomic E-state index is 1.21. The Balaban J connectivity index is 2.07. The zero-order chi connectivity index (χ0) is 10.1. The van der Waals surface area contributed by atoms with Crippen LogP contribution in [0.4, 0.5) is 0 Å². The molecule has 2 aromatic rings. The number of nitrogens with zero attached hydrogens (tertiary/aromatic N) is 1. The first kappa shape index (κ1) is 8.72. The Hall–Kier alpha value is -1.57. The zero-order valence-electron chi connectivity index (χ0n) is 8.74. The number of benzene rings is 1. The van der Waals surface area contributed by atoms with Crippen molar-refractivity contribution >= 4 is 17.1 Å². The van der Waals surface area contributed by atoms with Gasteiger partial charge in [0.2, 0.25) is 0 Å². The molecule has 2 nitrogen and oxygen atoms in total. The third-order valence-electron chi connectivity index (χ3n) is 3.08. The van der Waals surface area contributed by atoms with Crippen LogP contribution in [0.3, 0.4) is 0 Å². The molecule has 76 valence electrons. The molecule has 1 aromatic heterocycles. The topological polar surface area (TPSA) is 18.8 Å². The monoisotopic (exact) mass is 199 g/mol. The van der Waals surface area contributed by atoms with Crippen LogP contribution in [0.5, 0.6) is 0 Å². The van der Waals surface area contributed by atoms with Crippen molar-refractivity contribution in [3.8, 4) is 0 Å². The first-order valence-corrected chi connectivity index (χ1v) is 5.58. The van der Waals surface area contributed by atoms with Gasteiger partial charge in [0.25, 0.3) is 0 Å². The summed E-state index contributed by atoms with van der Waals surface area (Å²) in [6.45, 7) is 2.42. The second-order valence-corrected chi connectivity index (χ2v) is 4.16. The summed E-state index contributed by atoms with van der Waals surface area (Å²) in [5.41, 5.74) is 2.54. The van der Waals surface area contributed by atoms with Crippen molar-refractivity contribution in [3.05, 3.63) is 36.0 Å². The van der Waals surface area contributed by atoms with Gasteiger partial charge in [-0.1, -0.05) is 18.2 Å². The highest BCUT2D eigenvalue weighted by Crippen LogP contribution is 2.16. The number of aromatic amines is 1. The van der Waals surface area contributed by atoms with E-state index >= 15 is 0 Å². The van der Waals surface area contributed by atoms with Gasteiger partial charge in [0, 0.05) is 29.9 Å². The molecule has 2 heteroatoms. The number of aromatic nitrogens is 1. The van der Waals surface area contributed by atoms with Crippen molar-refractivity contribution in [1.29, 1.82) is 0 Å². The minimum Gasteiger partial charge on any atom is -0.360 e. The molecular weight excluding hydrogens is 184 g/mol. The molecule has 1 aliphatic rings. The molecule has 1 aliphatic heterocycles. The number of H-pyrrole nitrogens is 1. The van der Waals surface area contributed by atoms with Crippen molar-refractivity contribution in [2.75, 3.05) is 13.1 Å². The highest BCUT2D eigenvalue weighted by molar-refractivity contribution is 5.97. The number of hydrogen-bond donors (Lipinski definition) is 1. The summed E-state index contributed by atoms with van der Waals surface area (Å²) in [6, 6.07) is 8.46. The maximum absolute atomic E-state index is 3.30. The lowest BCUT2D eigenvalue weighted by molar-refractivity contribution is -0.500. The molecule has 0 saturated carbocycles. The van der Waals surface area contributed by atoms with Gasteiger partial charge in [-0.25, -0.2) is 4.58 Å². The van der Waals surface area contributed by atoms with Gasteiger partial charge in [-0.2, -0.15) is 0 Å². The van der Waals surface area contributed by atoms with Crippen LogP contribution in [0.2, 0.25) is 0 Å². The Morgan fingerprint density at radius 1 is 1.13 bits per heavy atom. The van der Waals surface area contributed by atoms with Gasteiger partial charge in [0.15, 0.2) is 6.21 Å². The fraction of sp³-hybridized carbons (Fsp3) is 0.308. The maximum Gasteiger partial charge on any atom is 0.172 e. The standard InChI is InChI=1S/C13H14N2/c1-2-6-13-12(5-1)11(9-14-13)10-15-7-3-4-8-15/h1-2,5-6,9-10H,3-4,7-8H2/p+1. The van der Waals surface area contributed by atoms with Gasteiger partial charge >= 0.3 is 0 Å². The Morgan fingerprint density at radius 3 is 2.80 bits per heavy atom. The van der Waals surface area contributed by atoms with E-state index in [1.165, 1.54) is 42.4 Å². The summed E-state index contributed by atoms with van der Waals surface area (Å²) in [4.78, 5) is 3.30. The molecule has 0 amide bonds. The molecule has 1 saturated heterocycles. The van der Waals surface area contributed by atoms with Gasteiger partial charge in [0.05, 0.1) is 5.56 Å². The number of hydrogen-bond acceptors (Lipinski definition) is 0. The minimum absolute atomic E-state index is 1.21. The molecule has 0 radical (unpaired) electrons. The molecule has 0 aliphatic carbocycles. The van der Waals surface area contributed by atoms with Gasteiger partial charge in [0.1, 0.15) is 13.1 Å².